The van der Waals surface area contributed by atoms with Crippen LogP contribution in [0.2, 0.25) is 0 Å². The first-order valence-corrected chi connectivity index (χ1v) is 19.1. The fourth-order valence-corrected chi connectivity index (χ4v) is 6.10. The van der Waals surface area contributed by atoms with Gasteiger partial charge in [-0.05, 0) is 57.6 Å². The molecule has 0 bridgehead atoms. The Morgan fingerprint density at radius 1 is 0.600 bits per heavy atom. The maximum absolute atomic E-state index is 10.4. The van der Waals surface area contributed by atoms with Gasteiger partial charge in [-0.3, -0.25) is 0 Å². The molecular weight excluding hydrogens is 582 g/mol. The highest BCUT2D eigenvalue weighted by Gasteiger charge is 2.20. The largest absolute Gasteiger partial charge is 0.744 e. The molecular formula is C34H64BrNO3S. The molecule has 0 radical (unpaired) electrons. The Labute approximate surface area is 258 Å². The number of rotatable bonds is 25. The summed E-state index contributed by atoms with van der Waals surface area (Å²) in [5.41, 5.74) is 0.928. The van der Waals surface area contributed by atoms with Crippen molar-refractivity contribution in [1.82, 2.24) is 0 Å². The molecule has 0 saturated carbocycles. The monoisotopic (exact) mass is 645 g/mol. The van der Waals surface area contributed by atoms with E-state index in [1.54, 1.807) is 12.1 Å². The molecule has 0 aliphatic heterocycles. The molecule has 236 valence electrons. The summed E-state index contributed by atoms with van der Waals surface area (Å²) < 4.78 is 32.5. The number of halogens is 1. The second-order valence-corrected chi connectivity index (χ2v) is 14.3. The number of unbranched alkanes of at least 4 members (excludes halogenated alkanes) is 17. The van der Waals surface area contributed by atoms with Gasteiger partial charge < -0.3 is 9.04 Å². The summed E-state index contributed by atoms with van der Waals surface area (Å²) in [5, 5.41) is 1.17. The van der Waals surface area contributed by atoms with Gasteiger partial charge in [-0.2, -0.15) is 0 Å². The van der Waals surface area contributed by atoms with Crippen molar-refractivity contribution in [3.63, 3.8) is 0 Å². The van der Waals surface area contributed by atoms with Gasteiger partial charge >= 0.3 is 0 Å². The van der Waals surface area contributed by atoms with E-state index < -0.39 is 10.1 Å². The minimum atomic E-state index is -4.27. The van der Waals surface area contributed by atoms with Crippen LogP contribution in [0.15, 0.2) is 29.2 Å². The lowest BCUT2D eigenvalue weighted by molar-refractivity contribution is -0.910. The Kier molecular flexibility index (Phi) is 25.9. The SMILES string of the molecule is CCCCCCCCCCC[N+](C)(CCCCBr)CCCCCCCCCCC.Cc1ccc(S(=O)(=O)[O-])cc1. The van der Waals surface area contributed by atoms with Crippen molar-refractivity contribution in [2.45, 2.75) is 154 Å². The van der Waals surface area contributed by atoms with Crippen LogP contribution >= 0.6 is 15.9 Å². The summed E-state index contributed by atoms with van der Waals surface area (Å²) in [6.45, 7) is 10.6. The summed E-state index contributed by atoms with van der Waals surface area (Å²) in [6, 6.07) is 5.78. The highest BCUT2D eigenvalue weighted by atomic mass is 79.9. The Balaban J connectivity index is 0.00000114. The molecule has 1 aromatic carbocycles. The summed E-state index contributed by atoms with van der Waals surface area (Å²) in [6.07, 6.45) is 28.8. The smallest absolute Gasteiger partial charge is 0.124 e. The number of hydrogen-bond donors (Lipinski definition) is 0. The van der Waals surface area contributed by atoms with E-state index in [9.17, 15) is 13.0 Å². The van der Waals surface area contributed by atoms with Crippen molar-refractivity contribution >= 4 is 26.0 Å². The van der Waals surface area contributed by atoms with Gasteiger partial charge in [0.1, 0.15) is 10.1 Å². The lowest BCUT2D eigenvalue weighted by Gasteiger charge is -2.35. The van der Waals surface area contributed by atoms with Crippen molar-refractivity contribution in [1.29, 1.82) is 0 Å². The van der Waals surface area contributed by atoms with Gasteiger partial charge in [-0.25, -0.2) is 8.42 Å². The summed E-state index contributed by atoms with van der Waals surface area (Å²) in [7, 11) is -1.72. The summed E-state index contributed by atoms with van der Waals surface area (Å²) in [5.74, 6) is 0. The lowest BCUT2D eigenvalue weighted by atomic mass is 10.1. The molecule has 0 N–H and O–H groups in total. The first kappa shape index (κ1) is 39.6. The zero-order valence-electron chi connectivity index (χ0n) is 26.7. The second-order valence-electron chi connectivity index (χ2n) is 12.1. The van der Waals surface area contributed by atoms with E-state index >= 15 is 0 Å². The zero-order valence-corrected chi connectivity index (χ0v) is 29.1. The van der Waals surface area contributed by atoms with Gasteiger partial charge in [0, 0.05) is 5.33 Å². The predicted octanol–water partition coefficient (Wildman–Crippen LogP) is 10.6. The molecule has 0 unspecified atom stereocenters. The standard InChI is InChI=1S/C27H57BrN.C7H8O3S/c1-4-6-8-10-12-14-16-18-21-25-29(3,27-23-20-24-28)26-22-19-17-15-13-11-9-7-5-2;1-6-2-4-7(5-3-6)11(8,9)10/h4-27H2,1-3H3;2-5H,1H3,(H,8,9,10)/q+1;/p-1. The van der Waals surface area contributed by atoms with Crippen LogP contribution in [0.4, 0.5) is 0 Å². The predicted molar refractivity (Wildman–Crippen MR) is 177 cm³/mol. The molecule has 0 aliphatic rings. The minimum Gasteiger partial charge on any atom is -0.744 e. The molecule has 4 nitrogen and oxygen atoms in total. The Hall–Kier alpha value is -0.430. The molecule has 0 spiro atoms. The van der Waals surface area contributed by atoms with Crippen LogP contribution in [0, 0.1) is 6.92 Å². The molecule has 1 rings (SSSR count). The molecule has 0 aromatic heterocycles. The van der Waals surface area contributed by atoms with Gasteiger partial charge in [0.2, 0.25) is 0 Å². The molecule has 0 aliphatic carbocycles. The van der Waals surface area contributed by atoms with E-state index in [-0.39, 0.29) is 4.90 Å². The van der Waals surface area contributed by atoms with E-state index in [1.807, 2.05) is 6.92 Å². The van der Waals surface area contributed by atoms with Crippen molar-refractivity contribution in [3.05, 3.63) is 29.8 Å². The highest BCUT2D eigenvalue weighted by Crippen LogP contribution is 2.16. The lowest BCUT2D eigenvalue weighted by Crippen LogP contribution is -2.46. The van der Waals surface area contributed by atoms with E-state index in [0.29, 0.717) is 0 Å². The van der Waals surface area contributed by atoms with E-state index in [4.69, 9.17) is 0 Å². The molecule has 0 fully saturated rings. The van der Waals surface area contributed by atoms with Gasteiger partial charge in [-0.1, -0.05) is 137 Å². The maximum Gasteiger partial charge on any atom is 0.124 e. The fourth-order valence-electron chi connectivity index (χ4n) is 5.24. The van der Waals surface area contributed by atoms with E-state index in [0.717, 1.165) is 5.56 Å². The van der Waals surface area contributed by atoms with Gasteiger partial charge in [-0.15, -0.1) is 0 Å². The second kappa shape index (κ2) is 26.2. The van der Waals surface area contributed by atoms with Crippen molar-refractivity contribution in [3.8, 4) is 0 Å². The van der Waals surface area contributed by atoms with Gasteiger partial charge in [0.05, 0.1) is 31.6 Å². The first-order chi connectivity index (χ1) is 19.2. The summed E-state index contributed by atoms with van der Waals surface area (Å²) in [4.78, 5) is -0.178. The Morgan fingerprint density at radius 2 is 0.925 bits per heavy atom. The van der Waals surface area contributed by atoms with Crippen molar-refractivity contribution in [2.75, 3.05) is 32.0 Å². The number of aryl methyl sites for hydroxylation is 1. The maximum atomic E-state index is 10.4. The normalized spacial score (nSPS) is 11.8. The van der Waals surface area contributed by atoms with Crippen LogP contribution in [0.25, 0.3) is 0 Å². The van der Waals surface area contributed by atoms with Crippen LogP contribution in [-0.4, -0.2) is 49.5 Å². The van der Waals surface area contributed by atoms with Crippen LogP contribution in [0.5, 0.6) is 0 Å². The van der Waals surface area contributed by atoms with Crippen molar-refractivity contribution < 1.29 is 17.5 Å². The number of nitrogens with zero attached hydrogens (tertiary/aromatic N) is 1. The quantitative estimate of drug-likeness (QED) is 0.0460. The number of quaternary nitrogens is 1. The van der Waals surface area contributed by atoms with Crippen LogP contribution in [-0.2, 0) is 10.1 Å². The topological polar surface area (TPSA) is 57.2 Å². The van der Waals surface area contributed by atoms with Crippen molar-refractivity contribution in [2.24, 2.45) is 0 Å². The third-order valence-corrected chi connectivity index (χ3v) is 9.40. The Bertz CT molecular complexity index is 761. The average Bonchev–Trinajstić information content (AvgIpc) is 2.91. The number of alkyl halides is 1. The average molecular weight is 647 g/mol. The van der Waals surface area contributed by atoms with Gasteiger partial charge in [0.25, 0.3) is 0 Å². The van der Waals surface area contributed by atoms with E-state index in [1.165, 1.54) is 170 Å². The number of hydrogen-bond acceptors (Lipinski definition) is 3. The first-order valence-electron chi connectivity index (χ1n) is 16.6. The minimum absolute atomic E-state index is 0.178. The molecule has 1 aromatic rings. The molecule has 40 heavy (non-hydrogen) atoms. The van der Waals surface area contributed by atoms with E-state index in [2.05, 4.69) is 36.8 Å². The summed E-state index contributed by atoms with van der Waals surface area (Å²) >= 11 is 3.62. The zero-order chi connectivity index (χ0) is 30.0. The molecule has 0 amide bonds. The number of benzene rings is 1. The molecule has 6 heteroatoms. The molecule has 0 atom stereocenters. The highest BCUT2D eigenvalue weighted by molar-refractivity contribution is 9.09. The van der Waals surface area contributed by atoms with Crippen LogP contribution in [0.1, 0.15) is 148 Å². The third kappa shape index (κ3) is 24.2. The molecule has 0 heterocycles. The van der Waals surface area contributed by atoms with Crippen LogP contribution < -0.4 is 0 Å². The van der Waals surface area contributed by atoms with Gasteiger partial charge in [0.15, 0.2) is 0 Å². The molecule has 0 saturated heterocycles. The Morgan fingerprint density at radius 3 is 1.25 bits per heavy atom. The van der Waals surface area contributed by atoms with Crippen LogP contribution in [0.3, 0.4) is 0 Å². The fraction of sp³-hybridized carbons (Fsp3) is 0.824. The third-order valence-electron chi connectivity index (χ3n) is 7.99.